The second-order valence-electron chi connectivity index (χ2n) is 6.71. The van der Waals surface area contributed by atoms with Gasteiger partial charge in [-0.05, 0) is 32.1 Å². The number of hydrogen-bond donors (Lipinski definition) is 1. The highest BCUT2D eigenvalue weighted by Crippen LogP contribution is 2.13. The molecule has 0 spiro atoms. The molecule has 202 valence electrons. The summed E-state index contributed by atoms with van der Waals surface area (Å²) in [5.41, 5.74) is 0. The molecule has 1 unspecified atom stereocenters. The SMILES string of the molecule is CCCCOCCOCCO.CCCCOCCOCCOC1CCCCO1.O=C=O.O=C=O. The van der Waals surface area contributed by atoms with Gasteiger partial charge in [0.25, 0.3) is 0 Å². The van der Waals surface area contributed by atoms with Crippen LogP contribution in [0.5, 0.6) is 0 Å². The third-order valence-corrected chi connectivity index (χ3v) is 3.93. The molecule has 1 rings (SSSR count). The number of hydrogen-bond acceptors (Lipinski definition) is 11. The largest absolute Gasteiger partial charge is 0.394 e. The lowest BCUT2D eigenvalue weighted by atomic mass is 10.2. The Kier molecular flexibility index (Phi) is 42.2. The van der Waals surface area contributed by atoms with E-state index < -0.39 is 0 Å². The lowest BCUT2D eigenvalue weighted by molar-refractivity contribution is -0.193. The smallest absolute Gasteiger partial charge is 0.373 e. The third-order valence-electron chi connectivity index (χ3n) is 3.93. The first kappa shape index (κ1) is 37.0. The maximum Gasteiger partial charge on any atom is 0.373 e. The number of rotatable bonds is 18. The molecule has 0 radical (unpaired) electrons. The topological polar surface area (TPSA) is 144 Å². The quantitative estimate of drug-likeness (QED) is 0.278. The minimum absolute atomic E-state index is 0.00634. The van der Waals surface area contributed by atoms with Crippen molar-refractivity contribution < 1.29 is 52.7 Å². The van der Waals surface area contributed by atoms with E-state index in [1.165, 1.54) is 12.8 Å². The Labute approximate surface area is 203 Å². The van der Waals surface area contributed by atoms with Crippen LogP contribution in [-0.2, 0) is 47.6 Å². The highest BCUT2D eigenvalue weighted by atomic mass is 16.7. The zero-order chi connectivity index (χ0) is 26.0. The van der Waals surface area contributed by atoms with E-state index in [1.807, 2.05) is 0 Å². The summed E-state index contributed by atoms with van der Waals surface area (Å²) in [5.74, 6) is 0. The summed E-state index contributed by atoms with van der Waals surface area (Å²) in [7, 11) is 0. The van der Waals surface area contributed by atoms with Crippen LogP contribution in [0, 0.1) is 0 Å². The van der Waals surface area contributed by atoms with Crippen molar-refractivity contribution >= 4 is 12.3 Å². The standard InChI is InChI=1S/C13H26O4.C8H18O3.2CO2/c1-2-3-7-14-9-10-15-11-12-17-13-6-4-5-8-16-13;1-2-3-5-10-7-8-11-6-4-9;2*2-1-3/h13H,2-12H2,1H3;9H,2-8H2,1H3;;. The molecule has 1 atom stereocenters. The van der Waals surface area contributed by atoms with Crippen LogP contribution in [0.3, 0.4) is 0 Å². The summed E-state index contributed by atoms with van der Waals surface area (Å²) in [6.45, 7) is 11.1. The zero-order valence-corrected chi connectivity index (χ0v) is 20.8. The van der Waals surface area contributed by atoms with Gasteiger partial charge in [0.2, 0.25) is 0 Å². The summed E-state index contributed by atoms with van der Waals surface area (Å²) < 4.78 is 32.0. The number of aliphatic hydroxyl groups excluding tert-OH is 1. The number of unbranched alkanes of at least 4 members (excludes halogenated alkanes) is 2. The molecule has 1 aliphatic heterocycles. The molecule has 1 saturated heterocycles. The second kappa shape index (κ2) is 38.7. The van der Waals surface area contributed by atoms with Gasteiger partial charge in [0.1, 0.15) is 0 Å². The van der Waals surface area contributed by atoms with E-state index in [0.29, 0.717) is 46.2 Å². The van der Waals surface area contributed by atoms with Crippen LogP contribution in [0.15, 0.2) is 0 Å². The predicted octanol–water partition coefficient (Wildman–Crippen LogP) is 2.01. The molecular formula is C23H44O11. The Hall–Kier alpha value is -1.52. The highest BCUT2D eigenvalue weighted by Gasteiger charge is 2.13. The van der Waals surface area contributed by atoms with E-state index in [0.717, 1.165) is 51.9 Å². The van der Waals surface area contributed by atoms with E-state index in [2.05, 4.69) is 13.8 Å². The fourth-order valence-electron chi connectivity index (χ4n) is 2.28. The summed E-state index contributed by atoms with van der Waals surface area (Å²) in [6, 6.07) is 0. The van der Waals surface area contributed by atoms with Crippen molar-refractivity contribution in [3.63, 3.8) is 0 Å². The molecule has 0 aromatic rings. The molecule has 1 N–H and O–H groups in total. The molecule has 0 aromatic carbocycles. The molecule has 11 nitrogen and oxygen atoms in total. The molecule has 0 amide bonds. The molecule has 1 fully saturated rings. The molecule has 0 saturated carbocycles. The van der Waals surface area contributed by atoms with Gasteiger partial charge in [-0.15, -0.1) is 0 Å². The molecule has 0 aromatic heterocycles. The van der Waals surface area contributed by atoms with Crippen molar-refractivity contribution in [1.29, 1.82) is 0 Å². The molecule has 1 aliphatic rings. The van der Waals surface area contributed by atoms with Gasteiger partial charge in [-0.1, -0.05) is 26.7 Å². The molecule has 0 bridgehead atoms. The molecule has 34 heavy (non-hydrogen) atoms. The molecule has 0 aliphatic carbocycles. The fraction of sp³-hybridized carbons (Fsp3) is 0.913. The van der Waals surface area contributed by atoms with Crippen LogP contribution in [0.4, 0.5) is 0 Å². The zero-order valence-electron chi connectivity index (χ0n) is 20.8. The fourth-order valence-corrected chi connectivity index (χ4v) is 2.28. The van der Waals surface area contributed by atoms with Gasteiger partial charge in [0.15, 0.2) is 6.29 Å². The van der Waals surface area contributed by atoms with Crippen LogP contribution in [0.1, 0.15) is 58.8 Å². The Balaban J connectivity index is -0.000000485. The highest BCUT2D eigenvalue weighted by molar-refractivity contribution is 5.20. The molecule has 11 heteroatoms. The maximum atomic E-state index is 8.34. The van der Waals surface area contributed by atoms with Gasteiger partial charge in [0, 0.05) is 19.8 Å². The minimum Gasteiger partial charge on any atom is -0.394 e. The average Bonchev–Trinajstić information content (AvgIpc) is 2.85. The Morgan fingerprint density at radius 1 is 0.706 bits per heavy atom. The summed E-state index contributed by atoms with van der Waals surface area (Å²) in [5, 5.41) is 8.34. The molecule has 1 heterocycles. The van der Waals surface area contributed by atoms with E-state index in [-0.39, 0.29) is 25.2 Å². The first-order valence-electron chi connectivity index (χ1n) is 11.8. The van der Waals surface area contributed by atoms with E-state index in [4.69, 9.17) is 52.7 Å². The van der Waals surface area contributed by atoms with Crippen LogP contribution in [0.2, 0.25) is 0 Å². The van der Waals surface area contributed by atoms with Crippen molar-refractivity contribution in [2.24, 2.45) is 0 Å². The van der Waals surface area contributed by atoms with Crippen molar-refractivity contribution in [3.05, 3.63) is 0 Å². The van der Waals surface area contributed by atoms with E-state index in [9.17, 15) is 0 Å². The number of carbonyl (C=O) groups excluding carboxylic acids is 4. The van der Waals surface area contributed by atoms with Gasteiger partial charge in [-0.3, -0.25) is 0 Å². The van der Waals surface area contributed by atoms with Crippen LogP contribution < -0.4 is 0 Å². The van der Waals surface area contributed by atoms with Crippen LogP contribution in [0.25, 0.3) is 0 Å². The lowest BCUT2D eigenvalue weighted by Gasteiger charge is -2.22. The Morgan fingerprint density at radius 2 is 1.15 bits per heavy atom. The van der Waals surface area contributed by atoms with Crippen molar-refractivity contribution in [1.82, 2.24) is 0 Å². The maximum absolute atomic E-state index is 8.34. The van der Waals surface area contributed by atoms with Gasteiger partial charge in [0.05, 0.1) is 52.9 Å². The van der Waals surface area contributed by atoms with Crippen molar-refractivity contribution in [3.8, 4) is 0 Å². The number of aliphatic hydroxyl groups is 1. The Bertz CT molecular complexity index is 397. The normalized spacial score (nSPS) is 14.1. The predicted molar refractivity (Wildman–Crippen MR) is 120 cm³/mol. The van der Waals surface area contributed by atoms with E-state index >= 15 is 0 Å². The lowest BCUT2D eigenvalue weighted by Crippen LogP contribution is -2.24. The molecular weight excluding hydrogens is 452 g/mol. The summed E-state index contributed by atoms with van der Waals surface area (Å²) in [4.78, 5) is 32.5. The monoisotopic (exact) mass is 496 g/mol. The van der Waals surface area contributed by atoms with Gasteiger partial charge >= 0.3 is 12.3 Å². The van der Waals surface area contributed by atoms with Crippen LogP contribution >= 0.6 is 0 Å². The second-order valence-corrected chi connectivity index (χ2v) is 6.71. The summed E-state index contributed by atoms with van der Waals surface area (Å²) in [6.07, 6.45) is 8.45. The minimum atomic E-state index is -0.00634. The Morgan fingerprint density at radius 3 is 1.56 bits per heavy atom. The third kappa shape index (κ3) is 40.8. The average molecular weight is 497 g/mol. The summed E-state index contributed by atoms with van der Waals surface area (Å²) >= 11 is 0. The van der Waals surface area contributed by atoms with Crippen LogP contribution in [-0.4, -0.2) is 96.4 Å². The first-order chi connectivity index (χ1) is 16.7. The first-order valence-corrected chi connectivity index (χ1v) is 11.8. The van der Waals surface area contributed by atoms with Gasteiger partial charge in [-0.25, -0.2) is 0 Å². The van der Waals surface area contributed by atoms with Gasteiger partial charge < -0.3 is 33.5 Å². The van der Waals surface area contributed by atoms with Crippen molar-refractivity contribution in [2.45, 2.75) is 65.1 Å². The van der Waals surface area contributed by atoms with Crippen molar-refractivity contribution in [2.75, 3.05) is 72.7 Å². The number of ether oxygens (including phenoxy) is 6. The van der Waals surface area contributed by atoms with E-state index in [1.54, 1.807) is 0 Å². The van der Waals surface area contributed by atoms with Gasteiger partial charge in [-0.2, -0.15) is 19.2 Å².